The minimum Gasteiger partial charge on any atom is -0.338 e. The van der Waals surface area contributed by atoms with E-state index in [0.717, 1.165) is 5.56 Å². The van der Waals surface area contributed by atoms with Gasteiger partial charge in [0.2, 0.25) is 5.91 Å². The number of hydroxylamine groups is 1. The van der Waals surface area contributed by atoms with Crippen molar-refractivity contribution in [3.05, 3.63) is 71.8 Å². The summed E-state index contributed by atoms with van der Waals surface area (Å²) in [6.07, 6.45) is 3.94. The molecular weight excluding hydrogens is 370 g/mol. The largest absolute Gasteiger partial charge is 0.338 e. The third-order valence-corrected chi connectivity index (χ3v) is 4.16. The normalized spacial score (nSPS) is 10.9. The van der Waals surface area contributed by atoms with Gasteiger partial charge in [-0.15, -0.1) is 0 Å². The number of amides is 4. The van der Waals surface area contributed by atoms with Gasteiger partial charge in [0.1, 0.15) is 0 Å². The molecule has 4 amide bonds. The van der Waals surface area contributed by atoms with Crippen molar-refractivity contribution in [2.75, 3.05) is 6.54 Å². The quantitative estimate of drug-likeness (QED) is 0.172. The summed E-state index contributed by atoms with van der Waals surface area (Å²) in [5, 5.41) is 13.4. The van der Waals surface area contributed by atoms with Gasteiger partial charge in [-0.1, -0.05) is 67.1 Å². The van der Waals surface area contributed by atoms with Gasteiger partial charge >= 0.3 is 6.03 Å². The highest BCUT2D eigenvalue weighted by molar-refractivity contribution is 6.27. The van der Waals surface area contributed by atoms with E-state index in [1.165, 1.54) is 0 Å². The first-order chi connectivity index (χ1) is 14.1. The van der Waals surface area contributed by atoms with Gasteiger partial charge in [0, 0.05) is 18.5 Å². The number of urea groups is 1. The zero-order valence-electron chi connectivity index (χ0n) is 16.1. The zero-order chi connectivity index (χ0) is 20.9. The molecule has 0 aliphatic carbocycles. The molecule has 4 N–H and O–H groups in total. The van der Waals surface area contributed by atoms with E-state index in [-0.39, 0.29) is 6.42 Å². The first kappa shape index (κ1) is 21.8. The number of carbonyl (C=O) groups excluding carboxylic acids is 3. The lowest BCUT2D eigenvalue weighted by atomic mass is 10.0. The second kappa shape index (κ2) is 12.1. The van der Waals surface area contributed by atoms with Crippen LogP contribution in [0.5, 0.6) is 0 Å². The van der Waals surface area contributed by atoms with Gasteiger partial charge in [0.05, 0.1) is 0 Å². The van der Waals surface area contributed by atoms with Crippen molar-refractivity contribution >= 4 is 29.5 Å². The summed E-state index contributed by atoms with van der Waals surface area (Å²) in [4.78, 5) is 35.7. The van der Waals surface area contributed by atoms with E-state index in [2.05, 4.69) is 10.6 Å². The molecule has 0 radical (unpaired) electrons. The molecule has 0 spiro atoms. The molecule has 7 heteroatoms. The van der Waals surface area contributed by atoms with Crippen molar-refractivity contribution in [2.45, 2.75) is 25.7 Å². The molecule has 0 heterocycles. The monoisotopic (exact) mass is 395 g/mol. The highest BCUT2D eigenvalue weighted by atomic mass is 16.5. The van der Waals surface area contributed by atoms with Crippen LogP contribution in [0, 0.1) is 0 Å². The van der Waals surface area contributed by atoms with Gasteiger partial charge in [0.25, 0.3) is 5.91 Å². The first-order valence-corrected chi connectivity index (χ1v) is 9.44. The van der Waals surface area contributed by atoms with Crippen LogP contribution < -0.4 is 16.1 Å². The molecule has 2 aromatic carbocycles. The number of imide groups is 1. The Labute approximate surface area is 169 Å². The second-order valence-corrected chi connectivity index (χ2v) is 6.39. The lowest BCUT2D eigenvalue weighted by Gasteiger charge is -2.10. The average molecular weight is 395 g/mol. The number of carbonyl (C=O) groups is 3. The fourth-order valence-corrected chi connectivity index (χ4v) is 2.67. The minimum absolute atomic E-state index is 0.228. The molecule has 0 saturated carbocycles. The summed E-state index contributed by atoms with van der Waals surface area (Å²) >= 11 is 0. The molecule has 0 aromatic heterocycles. The molecule has 29 heavy (non-hydrogen) atoms. The highest BCUT2D eigenvalue weighted by Crippen LogP contribution is 2.18. The van der Waals surface area contributed by atoms with Crippen molar-refractivity contribution < 1.29 is 19.6 Å². The van der Waals surface area contributed by atoms with Gasteiger partial charge in [-0.3, -0.25) is 20.1 Å². The average Bonchev–Trinajstić information content (AvgIpc) is 2.75. The van der Waals surface area contributed by atoms with Crippen LogP contribution in [0.1, 0.15) is 36.8 Å². The van der Waals surface area contributed by atoms with Gasteiger partial charge in [0.15, 0.2) is 0 Å². The van der Waals surface area contributed by atoms with Crippen molar-refractivity contribution in [3.63, 3.8) is 0 Å². The first-order valence-electron chi connectivity index (χ1n) is 9.44. The zero-order valence-corrected chi connectivity index (χ0v) is 16.1. The molecule has 2 rings (SSSR count). The molecular formula is C22H25N3O4. The van der Waals surface area contributed by atoms with Crippen LogP contribution in [-0.2, 0) is 9.59 Å². The Bertz CT molecular complexity index is 836. The van der Waals surface area contributed by atoms with E-state index in [0.29, 0.717) is 36.9 Å². The molecule has 2 aromatic rings. The minimum atomic E-state index is -0.571. The molecule has 0 aliphatic heterocycles. The van der Waals surface area contributed by atoms with Crippen LogP contribution in [-0.4, -0.2) is 29.6 Å². The maximum atomic E-state index is 12.7. The van der Waals surface area contributed by atoms with Gasteiger partial charge in [-0.05, 0) is 30.0 Å². The predicted octanol–water partition coefficient (Wildman–Crippen LogP) is 3.12. The molecule has 0 bridgehead atoms. The SMILES string of the molecule is O=C(CCCCCNC(=O)NC(=O)/C(=C/c1ccccc1)c1ccccc1)NO. The van der Waals surface area contributed by atoms with Crippen molar-refractivity contribution in [1.82, 2.24) is 16.1 Å². The summed E-state index contributed by atoms with van der Waals surface area (Å²) in [7, 11) is 0. The smallest absolute Gasteiger partial charge is 0.321 e. The van der Waals surface area contributed by atoms with E-state index < -0.39 is 17.8 Å². The maximum absolute atomic E-state index is 12.7. The summed E-state index contributed by atoms with van der Waals surface area (Å²) in [6.45, 7) is 0.378. The Morgan fingerprint density at radius 1 is 0.862 bits per heavy atom. The Hall–Kier alpha value is -3.45. The van der Waals surface area contributed by atoms with Crippen LogP contribution in [0.3, 0.4) is 0 Å². The number of hydrogen-bond donors (Lipinski definition) is 4. The van der Waals surface area contributed by atoms with Crippen LogP contribution in [0.15, 0.2) is 60.7 Å². The Kier molecular flexibility index (Phi) is 9.11. The van der Waals surface area contributed by atoms with Crippen LogP contribution in [0.4, 0.5) is 4.79 Å². The fourth-order valence-electron chi connectivity index (χ4n) is 2.67. The van der Waals surface area contributed by atoms with E-state index in [4.69, 9.17) is 5.21 Å². The lowest BCUT2D eigenvalue weighted by molar-refractivity contribution is -0.129. The van der Waals surface area contributed by atoms with Crippen LogP contribution >= 0.6 is 0 Å². The second-order valence-electron chi connectivity index (χ2n) is 6.39. The molecule has 0 atom stereocenters. The molecule has 0 saturated heterocycles. The summed E-state index contributed by atoms with van der Waals surface area (Å²) in [5.41, 5.74) is 3.53. The van der Waals surface area contributed by atoms with Gasteiger partial charge < -0.3 is 5.32 Å². The van der Waals surface area contributed by atoms with E-state index in [9.17, 15) is 14.4 Å². The van der Waals surface area contributed by atoms with Crippen LogP contribution in [0.25, 0.3) is 11.6 Å². The Morgan fingerprint density at radius 3 is 2.17 bits per heavy atom. The van der Waals surface area contributed by atoms with Gasteiger partial charge in [-0.2, -0.15) is 0 Å². The molecule has 0 unspecified atom stereocenters. The molecule has 0 fully saturated rings. The lowest BCUT2D eigenvalue weighted by Crippen LogP contribution is -2.40. The summed E-state index contributed by atoms with van der Waals surface area (Å²) in [5.74, 6) is -0.919. The third kappa shape index (κ3) is 7.98. The van der Waals surface area contributed by atoms with Crippen LogP contribution in [0.2, 0.25) is 0 Å². The van der Waals surface area contributed by atoms with Crippen molar-refractivity contribution in [2.24, 2.45) is 0 Å². The number of rotatable bonds is 9. The summed E-state index contributed by atoms with van der Waals surface area (Å²) in [6, 6.07) is 18.0. The number of benzene rings is 2. The van der Waals surface area contributed by atoms with E-state index in [1.807, 2.05) is 60.7 Å². The Morgan fingerprint density at radius 2 is 1.52 bits per heavy atom. The summed E-state index contributed by atoms with van der Waals surface area (Å²) < 4.78 is 0. The van der Waals surface area contributed by atoms with E-state index in [1.54, 1.807) is 11.6 Å². The molecule has 7 nitrogen and oxygen atoms in total. The van der Waals surface area contributed by atoms with E-state index >= 15 is 0 Å². The molecule has 0 aliphatic rings. The predicted molar refractivity (Wildman–Crippen MR) is 111 cm³/mol. The Balaban J connectivity index is 1.90. The number of hydrogen-bond acceptors (Lipinski definition) is 4. The molecule has 152 valence electrons. The number of nitrogens with one attached hydrogen (secondary N) is 3. The van der Waals surface area contributed by atoms with Crippen molar-refractivity contribution in [3.8, 4) is 0 Å². The highest BCUT2D eigenvalue weighted by Gasteiger charge is 2.15. The fraction of sp³-hybridized carbons (Fsp3) is 0.227. The topological polar surface area (TPSA) is 108 Å². The van der Waals surface area contributed by atoms with Crippen molar-refractivity contribution in [1.29, 1.82) is 0 Å². The number of unbranched alkanes of at least 4 members (excludes halogenated alkanes) is 2. The third-order valence-electron chi connectivity index (χ3n) is 4.16. The standard InChI is InChI=1S/C22H25N3O4/c26-20(25-29)14-8-3-9-15-23-22(28)24-21(27)19(18-12-6-2-7-13-18)16-17-10-4-1-5-11-17/h1-2,4-7,10-13,16,29H,3,8-9,14-15H2,(H,25,26)(H2,23,24,27,28)/b19-16+. The van der Waals surface area contributed by atoms with Gasteiger partial charge in [-0.25, -0.2) is 10.3 Å². The maximum Gasteiger partial charge on any atom is 0.321 e.